The fourth-order valence-electron chi connectivity index (χ4n) is 3.87. The summed E-state index contributed by atoms with van der Waals surface area (Å²) >= 11 is 0. The molecule has 0 aliphatic rings. The second kappa shape index (κ2) is 21.6. The fraction of sp³-hybridized carbons (Fsp3) is 0.714. The van der Waals surface area contributed by atoms with E-state index in [9.17, 15) is 19.7 Å². The first kappa shape index (κ1) is 31.4. The van der Waals surface area contributed by atoms with Crippen LogP contribution in [0, 0.1) is 10.1 Å². The summed E-state index contributed by atoms with van der Waals surface area (Å²) in [5.74, 6) is -0.0707. The van der Waals surface area contributed by atoms with Crippen molar-refractivity contribution in [1.82, 2.24) is 0 Å². The van der Waals surface area contributed by atoms with Gasteiger partial charge in [-0.3, -0.25) is 14.9 Å². The molecule has 1 aromatic carbocycles. The predicted octanol–water partition coefficient (Wildman–Crippen LogP) is 8.31. The zero-order valence-electron chi connectivity index (χ0n) is 22.0. The van der Waals surface area contributed by atoms with Gasteiger partial charge in [0.1, 0.15) is 5.75 Å². The molecular weight excluding hydrogens is 462 g/mol. The molecule has 1 rings (SSSR count). The molecule has 0 N–H and O–H groups in total. The van der Waals surface area contributed by atoms with Gasteiger partial charge < -0.3 is 14.2 Å². The Morgan fingerprint density at radius 1 is 0.694 bits per heavy atom. The van der Waals surface area contributed by atoms with Gasteiger partial charge in [-0.1, -0.05) is 96.8 Å². The molecule has 0 saturated carbocycles. The number of nitro benzene ring substituents is 1. The van der Waals surface area contributed by atoms with Crippen LogP contribution in [0.4, 0.5) is 10.5 Å². The summed E-state index contributed by atoms with van der Waals surface area (Å²) in [6, 6.07) is 5.11. The first-order valence-corrected chi connectivity index (χ1v) is 13.8. The maximum absolute atomic E-state index is 11.8. The number of non-ortho nitro benzene ring substituents is 1. The lowest BCUT2D eigenvalue weighted by Crippen LogP contribution is -2.13. The van der Waals surface area contributed by atoms with E-state index in [2.05, 4.69) is 6.92 Å². The molecule has 0 aliphatic heterocycles. The number of nitrogens with zero attached hydrogens (tertiary/aromatic N) is 1. The molecular formula is C28H45NO7. The highest BCUT2D eigenvalue weighted by Crippen LogP contribution is 2.18. The van der Waals surface area contributed by atoms with Crippen molar-refractivity contribution in [2.75, 3.05) is 13.2 Å². The average Bonchev–Trinajstić information content (AvgIpc) is 2.86. The first-order chi connectivity index (χ1) is 17.5. The van der Waals surface area contributed by atoms with Crippen LogP contribution in [0.2, 0.25) is 0 Å². The Labute approximate surface area is 216 Å². The third-order valence-electron chi connectivity index (χ3n) is 6.00. The topological polar surface area (TPSA) is 105 Å². The predicted molar refractivity (Wildman–Crippen MR) is 140 cm³/mol. The number of benzene rings is 1. The molecule has 0 heterocycles. The lowest BCUT2D eigenvalue weighted by atomic mass is 10.0. The molecule has 0 unspecified atom stereocenters. The number of esters is 1. The van der Waals surface area contributed by atoms with Crippen molar-refractivity contribution >= 4 is 17.8 Å². The van der Waals surface area contributed by atoms with Gasteiger partial charge in [-0.25, -0.2) is 4.79 Å². The van der Waals surface area contributed by atoms with Gasteiger partial charge in [0.05, 0.1) is 18.1 Å². The van der Waals surface area contributed by atoms with Crippen LogP contribution in [0.1, 0.15) is 116 Å². The molecule has 0 bridgehead atoms. The average molecular weight is 508 g/mol. The lowest BCUT2D eigenvalue weighted by molar-refractivity contribution is -0.384. The summed E-state index contributed by atoms with van der Waals surface area (Å²) < 4.78 is 15.0. The Hall–Kier alpha value is -2.64. The number of rotatable bonds is 22. The maximum atomic E-state index is 11.8. The number of unbranched alkanes of at least 4 members (excludes halogenated alkanes) is 14. The van der Waals surface area contributed by atoms with Gasteiger partial charge in [-0.15, -0.1) is 0 Å². The summed E-state index contributed by atoms with van der Waals surface area (Å²) in [7, 11) is 0. The molecule has 0 amide bonds. The molecule has 36 heavy (non-hydrogen) atoms. The molecule has 8 heteroatoms. The molecule has 0 radical (unpaired) electrons. The van der Waals surface area contributed by atoms with Gasteiger partial charge in [0.2, 0.25) is 0 Å². The van der Waals surface area contributed by atoms with Crippen molar-refractivity contribution in [3.8, 4) is 5.75 Å². The van der Waals surface area contributed by atoms with Crippen molar-refractivity contribution in [3.05, 3.63) is 34.4 Å². The van der Waals surface area contributed by atoms with Crippen molar-refractivity contribution < 1.29 is 28.7 Å². The summed E-state index contributed by atoms with van der Waals surface area (Å²) in [5, 5.41) is 10.6. The largest absolute Gasteiger partial charge is 0.513 e. The van der Waals surface area contributed by atoms with Gasteiger partial charge in [0, 0.05) is 25.0 Å². The van der Waals surface area contributed by atoms with E-state index in [1.54, 1.807) is 0 Å². The Morgan fingerprint density at radius 3 is 1.67 bits per heavy atom. The molecule has 0 aliphatic carbocycles. The Kier molecular flexibility index (Phi) is 18.9. The zero-order valence-corrected chi connectivity index (χ0v) is 22.0. The van der Waals surface area contributed by atoms with Gasteiger partial charge in [-0.2, -0.15) is 0 Å². The summed E-state index contributed by atoms with van der Waals surface area (Å²) in [6.45, 7) is 2.49. The van der Waals surface area contributed by atoms with Crippen molar-refractivity contribution in [1.29, 1.82) is 0 Å². The number of nitro groups is 1. The smallest absolute Gasteiger partial charge is 0.466 e. The monoisotopic (exact) mass is 507 g/mol. The van der Waals surface area contributed by atoms with Crippen molar-refractivity contribution in [3.63, 3.8) is 0 Å². The molecule has 1 aromatic rings. The Balaban J connectivity index is 1.85. The highest BCUT2D eigenvalue weighted by molar-refractivity contribution is 5.69. The van der Waals surface area contributed by atoms with E-state index in [1.807, 2.05) is 0 Å². The van der Waals surface area contributed by atoms with E-state index in [-0.39, 0.29) is 30.6 Å². The van der Waals surface area contributed by atoms with Crippen LogP contribution < -0.4 is 4.74 Å². The molecule has 0 saturated heterocycles. The normalized spacial score (nSPS) is 10.7. The summed E-state index contributed by atoms with van der Waals surface area (Å²) in [4.78, 5) is 33.5. The van der Waals surface area contributed by atoms with Crippen LogP contribution in [0.5, 0.6) is 5.75 Å². The standard InChI is InChI=1S/C28H45NO7/c1-2-3-4-5-6-7-8-9-10-11-12-13-14-15-16-18-27(30)34-23-17-24-35-28(31)36-26-21-19-25(20-22-26)29(32)33/h19-22H,2-18,23-24H2,1H3. The minimum Gasteiger partial charge on any atom is -0.466 e. The first-order valence-electron chi connectivity index (χ1n) is 13.8. The van der Waals surface area contributed by atoms with Crippen LogP contribution in [0.3, 0.4) is 0 Å². The van der Waals surface area contributed by atoms with Crippen molar-refractivity contribution in [2.45, 2.75) is 116 Å². The van der Waals surface area contributed by atoms with E-state index in [4.69, 9.17) is 14.2 Å². The van der Waals surface area contributed by atoms with Crippen LogP contribution in [-0.2, 0) is 14.3 Å². The van der Waals surface area contributed by atoms with Gasteiger partial charge in [0.25, 0.3) is 5.69 Å². The second-order valence-electron chi connectivity index (χ2n) is 9.23. The zero-order chi connectivity index (χ0) is 26.3. The minimum absolute atomic E-state index is 0.0536. The van der Waals surface area contributed by atoms with Gasteiger partial charge in [0.15, 0.2) is 0 Å². The SMILES string of the molecule is CCCCCCCCCCCCCCCCCC(=O)OCCCOC(=O)Oc1ccc([N+](=O)[O-])cc1. The van der Waals surface area contributed by atoms with Gasteiger partial charge >= 0.3 is 12.1 Å². The minimum atomic E-state index is -0.909. The van der Waals surface area contributed by atoms with E-state index in [1.165, 1.54) is 101 Å². The molecule has 8 nitrogen and oxygen atoms in total. The van der Waals surface area contributed by atoms with Crippen LogP contribution in [-0.4, -0.2) is 30.3 Å². The van der Waals surface area contributed by atoms with E-state index in [0.29, 0.717) is 12.8 Å². The molecule has 0 atom stereocenters. The van der Waals surface area contributed by atoms with E-state index >= 15 is 0 Å². The highest BCUT2D eigenvalue weighted by atomic mass is 16.7. The quantitative estimate of drug-likeness (QED) is 0.0511. The number of hydrogen-bond donors (Lipinski definition) is 0. The lowest BCUT2D eigenvalue weighted by Gasteiger charge is -2.07. The fourth-order valence-corrected chi connectivity index (χ4v) is 3.87. The van der Waals surface area contributed by atoms with E-state index in [0.717, 1.165) is 19.3 Å². The number of hydrogen-bond acceptors (Lipinski definition) is 7. The number of carbonyl (C=O) groups is 2. The summed E-state index contributed by atoms with van der Waals surface area (Å²) in [6.07, 6.45) is 19.2. The van der Waals surface area contributed by atoms with Crippen LogP contribution >= 0.6 is 0 Å². The Bertz CT molecular complexity index is 721. The second-order valence-corrected chi connectivity index (χ2v) is 9.23. The van der Waals surface area contributed by atoms with Crippen LogP contribution in [0.15, 0.2) is 24.3 Å². The van der Waals surface area contributed by atoms with Crippen molar-refractivity contribution in [2.24, 2.45) is 0 Å². The van der Waals surface area contributed by atoms with E-state index < -0.39 is 11.1 Å². The maximum Gasteiger partial charge on any atom is 0.513 e. The highest BCUT2D eigenvalue weighted by Gasteiger charge is 2.09. The molecule has 204 valence electrons. The van der Waals surface area contributed by atoms with Gasteiger partial charge in [-0.05, 0) is 18.6 Å². The molecule has 0 fully saturated rings. The summed E-state index contributed by atoms with van der Waals surface area (Å²) in [5.41, 5.74) is -0.0955. The van der Waals surface area contributed by atoms with Crippen LogP contribution in [0.25, 0.3) is 0 Å². The molecule has 0 aromatic heterocycles. The third kappa shape index (κ3) is 17.7. The number of ether oxygens (including phenoxy) is 3. The third-order valence-corrected chi connectivity index (χ3v) is 6.00. The Morgan fingerprint density at radius 2 is 1.17 bits per heavy atom. The molecule has 0 spiro atoms. The number of carbonyl (C=O) groups excluding carboxylic acids is 2.